The minimum absolute atomic E-state index is 0.0568. The number of amides is 1. The number of nitro groups is 1. The van der Waals surface area contributed by atoms with Crippen LogP contribution in [-0.4, -0.2) is 17.4 Å². The Labute approximate surface area is 156 Å². The molecule has 2 aromatic carbocycles. The van der Waals surface area contributed by atoms with Crippen LogP contribution in [0.2, 0.25) is 0 Å². The van der Waals surface area contributed by atoms with E-state index in [4.69, 9.17) is 9.15 Å². The summed E-state index contributed by atoms with van der Waals surface area (Å²) in [6.45, 7) is 6.13. The number of nitro benzene ring substituents is 1. The largest absolute Gasteiger partial charge is 0.494 e. The van der Waals surface area contributed by atoms with Crippen LogP contribution < -0.4 is 10.1 Å². The lowest BCUT2D eigenvalue weighted by molar-refractivity contribution is -0.384. The number of furan rings is 1. The standard InChI is InChI=1S/C20H20N2O5/c1-4-26-15-5-6-16(17(10-15)22(24)25)21-19(23)9-14-11-27-18-8-12(2)7-13(3)20(14)18/h5-8,10-11H,4,9H2,1-3H3,(H,21,23). The first kappa shape index (κ1) is 18.4. The lowest BCUT2D eigenvalue weighted by atomic mass is 10.0. The van der Waals surface area contributed by atoms with E-state index >= 15 is 0 Å². The van der Waals surface area contributed by atoms with Crippen molar-refractivity contribution in [2.24, 2.45) is 0 Å². The molecule has 0 saturated carbocycles. The van der Waals surface area contributed by atoms with Gasteiger partial charge in [-0.2, -0.15) is 0 Å². The van der Waals surface area contributed by atoms with Crippen molar-refractivity contribution >= 4 is 28.3 Å². The summed E-state index contributed by atoms with van der Waals surface area (Å²) in [7, 11) is 0. The Morgan fingerprint density at radius 3 is 2.74 bits per heavy atom. The number of hydrogen-bond donors (Lipinski definition) is 1. The number of fused-ring (bicyclic) bond motifs is 1. The highest BCUT2D eigenvalue weighted by atomic mass is 16.6. The molecule has 0 saturated heterocycles. The number of hydrogen-bond acceptors (Lipinski definition) is 5. The molecule has 3 rings (SSSR count). The Hall–Kier alpha value is -3.35. The lowest BCUT2D eigenvalue weighted by Gasteiger charge is -2.08. The fraction of sp³-hybridized carbons (Fsp3) is 0.250. The minimum atomic E-state index is -0.543. The van der Waals surface area contributed by atoms with Gasteiger partial charge in [-0.05, 0) is 50.1 Å². The second-order valence-electron chi connectivity index (χ2n) is 6.31. The van der Waals surface area contributed by atoms with E-state index in [2.05, 4.69) is 5.32 Å². The van der Waals surface area contributed by atoms with Gasteiger partial charge in [0.1, 0.15) is 17.0 Å². The third kappa shape index (κ3) is 3.92. The zero-order valence-electron chi connectivity index (χ0n) is 15.4. The van der Waals surface area contributed by atoms with Crippen LogP contribution in [-0.2, 0) is 11.2 Å². The van der Waals surface area contributed by atoms with Crippen LogP contribution in [0.1, 0.15) is 23.6 Å². The van der Waals surface area contributed by atoms with Crippen molar-refractivity contribution in [3.05, 3.63) is 63.4 Å². The van der Waals surface area contributed by atoms with E-state index in [0.29, 0.717) is 12.4 Å². The molecule has 27 heavy (non-hydrogen) atoms. The molecule has 7 nitrogen and oxygen atoms in total. The normalized spacial score (nSPS) is 10.8. The van der Waals surface area contributed by atoms with Crippen molar-refractivity contribution in [2.75, 3.05) is 11.9 Å². The molecule has 0 spiro atoms. The molecule has 1 heterocycles. The maximum atomic E-state index is 12.5. The Kier molecular flexibility index (Phi) is 5.12. The Balaban J connectivity index is 1.83. The predicted octanol–water partition coefficient (Wildman–Crippen LogP) is 4.54. The van der Waals surface area contributed by atoms with Crippen molar-refractivity contribution in [3.8, 4) is 5.75 Å². The number of nitrogens with zero attached hydrogens (tertiary/aromatic N) is 1. The van der Waals surface area contributed by atoms with E-state index < -0.39 is 4.92 Å². The van der Waals surface area contributed by atoms with Gasteiger partial charge in [-0.25, -0.2) is 0 Å². The molecule has 0 radical (unpaired) electrons. The second-order valence-corrected chi connectivity index (χ2v) is 6.31. The van der Waals surface area contributed by atoms with Gasteiger partial charge in [0.2, 0.25) is 5.91 Å². The number of nitrogens with one attached hydrogen (secondary N) is 1. The van der Waals surface area contributed by atoms with Gasteiger partial charge in [-0.15, -0.1) is 0 Å². The molecule has 1 aromatic heterocycles. The first-order valence-corrected chi connectivity index (χ1v) is 8.57. The number of carbonyl (C=O) groups excluding carboxylic acids is 1. The lowest BCUT2D eigenvalue weighted by Crippen LogP contribution is -2.15. The molecule has 7 heteroatoms. The summed E-state index contributed by atoms with van der Waals surface area (Å²) in [5.41, 5.74) is 3.49. The maximum Gasteiger partial charge on any atom is 0.296 e. The summed E-state index contributed by atoms with van der Waals surface area (Å²) in [4.78, 5) is 23.2. The molecular formula is C20H20N2O5. The van der Waals surface area contributed by atoms with Crippen molar-refractivity contribution in [1.82, 2.24) is 0 Å². The van der Waals surface area contributed by atoms with Crippen molar-refractivity contribution in [3.63, 3.8) is 0 Å². The van der Waals surface area contributed by atoms with Crippen molar-refractivity contribution in [1.29, 1.82) is 0 Å². The number of benzene rings is 2. The Bertz CT molecular complexity index is 1020. The summed E-state index contributed by atoms with van der Waals surface area (Å²) >= 11 is 0. The summed E-state index contributed by atoms with van der Waals surface area (Å²) in [6.07, 6.45) is 1.62. The average molecular weight is 368 g/mol. The molecule has 0 atom stereocenters. The van der Waals surface area contributed by atoms with Crippen LogP contribution in [0.5, 0.6) is 5.75 Å². The van der Waals surface area contributed by atoms with Gasteiger partial charge in [0.15, 0.2) is 0 Å². The molecule has 3 aromatic rings. The summed E-state index contributed by atoms with van der Waals surface area (Å²) in [6, 6.07) is 8.31. The summed E-state index contributed by atoms with van der Waals surface area (Å²) < 4.78 is 10.8. The van der Waals surface area contributed by atoms with Gasteiger partial charge < -0.3 is 14.5 Å². The molecule has 0 fully saturated rings. The van der Waals surface area contributed by atoms with Gasteiger partial charge in [0.05, 0.1) is 30.3 Å². The van der Waals surface area contributed by atoms with Crippen LogP contribution >= 0.6 is 0 Å². The van der Waals surface area contributed by atoms with Gasteiger partial charge in [0.25, 0.3) is 5.69 Å². The highest BCUT2D eigenvalue weighted by Crippen LogP contribution is 2.30. The van der Waals surface area contributed by atoms with Crippen LogP contribution in [0, 0.1) is 24.0 Å². The van der Waals surface area contributed by atoms with Crippen LogP contribution in [0.4, 0.5) is 11.4 Å². The van der Waals surface area contributed by atoms with E-state index in [1.165, 1.54) is 12.1 Å². The number of aryl methyl sites for hydroxylation is 2. The first-order valence-electron chi connectivity index (χ1n) is 8.57. The van der Waals surface area contributed by atoms with E-state index in [1.807, 2.05) is 26.0 Å². The molecule has 1 N–H and O–H groups in total. The molecular weight excluding hydrogens is 348 g/mol. The Morgan fingerprint density at radius 2 is 2.04 bits per heavy atom. The fourth-order valence-electron chi connectivity index (χ4n) is 3.15. The van der Waals surface area contributed by atoms with E-state index in [9.17, 15) is 14.9 Å². The second kappa shape index (κ2) is 7.49. The van der Waals surface area contributed by atoms with Crippen molar-refractivity contribution in [2.45, 2.75) is 27.2 Å². The summed E-state index contributed by atoms with van der Waals surface area (Å²) in [5.74, 6) is 0.0268. The third-order valence-electron chi connectivity index (χ3n) is 4.19. The molecule has 0 unspecified atom stereocenters. The highest BCUT2D eigenvalue weighted by Gasteiger charge is 2.19. The van der Waals surface area contributed by atoms with Gasteiger partial charge in [0, 0.05) is 10.9 Å². The van der Waals surface area contributed by atoms with Crippen LogP contribution in [0.3, 0.4) is 0 Å². The fourth-order valence-corrected chi connectivity index (χ4v) is 3.15. The topological polar surface area (TPSA) is 94.6 Å². The van der Waals surface area contributed by atoms with E-state index in [0.717, 1.165) is 27.7 Å². The van der Waals surface area contributed by atoms with Crippen LogP contribution in [0.15, 0.2) is 41.0 Å². The molecule has 0 aliphatic rings. The van der Waals surface area contributed by atoms with Crippen LogP contribution in [0.25, 0.3) is 11.0 Å². The van der Waals surface area contributed by atoms with Gasteiger partial charge in [-0.3, -0.25) is 14.9 Å². The average Bonchev–Trinajstić information content (AvgIpc) is 2.99. The number of ether oxygens (including phenoxy) is 1. The Morgan fingerprint density at radius 1 is 1.26 bits per heavy atom. The molecule has 0 aliphatic carbocycles. The predicted molar refractivity (Wildman–Crippen MR) is 102 cm³/mol. The smallest absolute Gasteiger partial charge is 0.296 e. The monoisotopic (exact) mass is 368 g/mol. The third-order valence-corrected chi connectivity index (χ3v) is 4.19. The number of anilines is 1. The van der Waals surface area contributed by atoms with Gasteiger partial charge in [-0.1, -0.05) is 6.07 Å². The quantitative estimate of drug-likeness (QED) is 0.509. The minimum Gasteiger partial charge on any atom is -0.494 e. The van der Waals surface area contributed by atoms with Crippen molar-refractivity contribution < 1.29 is 18.9 Å². The zero-order chi connectivity index (χ0) is 19.6. The highest BCUT2D eigenvalue weighted by molar-refractivity contribution is 5.97. The number of rotatable bonds is 6. The SMILES string of the molecule is CCOc1ccc(NC(=O)Cc2coc3cc(C)cc(C)c23)c([N+](=O)[O-])c1. The van der Waals surface area contributed by atoms with Gasteiger partial charge >= 0.3 is 0 Å². The zero-order valence-corrected chi connectivity index (χ0v) is 15.4. The molecule has 0 aliphatic heterocycles. The number of carbonyl (C=O) groups is 1. The maximum absolute atomic E-state index is 12.5. The molecule has 0 bridgehead atoms. The van der Waals surface area contributed by atoms with E-state index in [-0.39, 0.29) is 23.7 Å². The summed E-state index contributed by atoms with van der Waals surface area (Å²) in [5, 5.41) is 14.8. The van der Waals surface area contributed by atoms with E-state index in [1.54, 1.807) is 19.3 Å². The molecule has 140 valence electrons. The molecule has 1 amide bonds. The first-order chi connectivity index (χ1) is 12.9.